The summed E-state index contributed by atoms with van der Waals surface area (Å²) >= 11 is 7.07. The van der Waals surface area contributed by atoms with Gasteiger partial charge in [-0.15, -0.1) is 11.3 Å². The number of rotatable bonds is 3. The average Bonchev–Trinajstić information content (AvgIpc) is 2.87. The topological polar surface area (TPSA) is 24.1 Å². The second-order valence-corrected chi connectivity index (χ2v) is 5.74. The molecule has 1 aromatic rings. The predicted octanol–water partition coefficient (Wildman–Crippen LogP) is 2.96. The molecule has 0 saturated heterocycles. The molecule has 16 heavy (non-hydrogen) atoms. The summed E-state index contributed by atoms with van der Waals surface area (Å²) in [4.78, 5) is 1.37. The third-order valence-corrected chi connectivity index (χ3v) is 4.35. The van der Waals surface area contributed by atoms with Crippen LogP contribution in [0.2, 0.25) is 0 Å². The van der Waals surface area contributed by atoms with Crippen LogP contribution in [0.5, 0.6) is 0 Å². The van der Waals surface area contributed by atoms with Crippen LogP contribution in [0.4, 0.5) is 0 Å². The van der Waals surface area contributed by atoms with Gasteiger partial charge in [-0.2, -0.15) is 0 Å². The Morgan fingerprint density at radius 1 is 1.50 bits per heavy atom. The summed E-state index contributed by atoms with van der Waals surface area (Å²) < 4.78 is 0. The van der Waals surface area contributed by atoms with Gasteiger partial charge in [0, 0.05) is 10.9 Å². The number of thiophene rings is 1. The molecule has 2 rings (SSSR count). The van der Waals surface area contributed by atoms with Crippen LogP contribution in [0.3, 0.4) is 0 Å². The Morgan fingerprint density at radius 2 is 2.25 bits per heavy atom. The van der Waals surface area contributed by atoms with E-state index in [9.17, 15) is 0 Å². The van der Waals surface area contributed by atoms with Crippen molar-refractivity contribution in [2.45, 2.75) is 45.2 Å². The van der Waals surface area contributed by atoms with Gasteiger partial charge in [0.25, 0.3) is 0 Å². The molecule has 2 N–H and O–H groups in total. The molecule has 1 fully saturated rings. The summed E-state index contributed by atoms with van der Waals surface area (Å²) in [6.45, 7) is 2.99. The van der Waals surface area contributed by atoms with Gasteiger partial charge in [-0.1, -0.05) is 12.8 Å². The van der Waals surface area contributed by atoms with Crippen molar-refractivity contribution in [2.75, 3.05) is 0 Å². The van der Waals surface area contributed by atoms with Gasteiger partial charge in [0.05, 0.1) is 6.54 Å². The molecular weight excluding hydrogens is 236 g/mol. The number of hydrogen-bond acceptors (Lipinski definition) is 2. The third-order valence-electron chi connectivity index (χ3n) is 3.07. The fraction of sp³-hybridized carbons (Fsp3) is 0.583. The normalized spacial score (nSPS) is 16.3. The highest BCUT2D eigenvalue weighted by atomic mass is 32.1. The van der Waals surface area contributed by atoms with Crippen molar-refractivity contribution in [3.8, 4) is 0 Å². The first-order valence-corrected chi connectivity index (χ1v) is 7.12. The molecule has 0 radical (unpaired) electrons. The quantitative estimate of drug-likeness (QED) is 0.811. The zero-order valence-corrected chi connectivity index (χ0v) is 11.2. The summed E-state index contributed by atoms with van der Waals surface area (Å²) in [5.74, 6) is 0. The summed E-state index contributed by atoms with van der Waals surface area (Å²) in [7, 11) is 0. The maximum atomic E-state index is 5.29. The van der Waals surface area contributed by atoms with E-state index in [1.165, 1.54) is 36.1 Å². The van der Waals surface area contributed by atoms with E-state index in [0.717, 1.165) is 11.7 Å². The fourth-order valence-electron chi connectivity index (χ4n) is 2.05. The number of hydrogen-bond donors (Lipinski definition) is 2. The first kappa shape index (κ1) is 11.9. The zero-order valence-electron chi connectivity index (χ0n) is 9.58. The lowest BCUT2D eigenvalue weighted by Crippen LogP contribution is -2.40. The predicted molar refractivity (Wildman–Crippen MR) is 73.9 cm³/mol. The van der Waals surface area contributed by atoms with Gasteiger partial charge >= 0.3 is 0 Å². The minimum atomic E-state index is 0.601. The first-order chi connectivity index (χ1) is 7.75. The highest BCUT2D eigenvalue weighted by Crippen LogP contribution is 2.18. The summed E-state index contributed by atoms with van der Waals surface area (Å²) in [5.41, 5.74) is 1.35. The van der Waals surface area contributed by atoms with E-state index < -0.39 is 0 Å². The summed E-state index contributed by atoms with van der Waals surface area (Å²) in [6.07, 6.45) is 5.20. The Balaban J connectivity index is 1.73. The molecule has 4 heteroatoms. The maximum absolute atomic E-state index is 5.29. The molecule has 0 aliphatic heterocycles. The maximum Gasteiger partial charge on any atom is 0.166 e. The molecule has 1 aliphatic carbocycles. The molecule has 1 heterocycles. The molecule has 0 spiro atoms. The molecule has 0 aromatic carbocycles. The van der Waals surface area contributed by atoms with E-state index in [-0.39, 0.29) is 0 Å². The molecule has 1 saturated carbocycles. The van der Waals surface area contributed by atoms with Crippen LogP contribution in [0.1, 0.15) is 36.1 Å². The Morgan fingerprint density at radius 3 is 2.88 bits per heavy atom. The van der Waals surface area contributed by atoms with Crippen molar-refractivity contribution in [2.24, 2.45) is 0 Å². The third kappa shape index (κ3) is 3.19. The van der Waals surface area contributed by atoms with Gasteiger partial charge in [0.1, 0.15) is 0 Å². The molecule has 0 amide bonds. The average molecular weight is 254 g/mol. The van der Waals surface area contributed by atoms with Crippen LogP contribution in [0.15, 0.2) is 11.4 Å². The Kier molecular flexibility index (Phi) is 4.18. The van der Waals surface area contributed by atoms with E-state index >= 15 is 0 Å². The second kappa shape index (κ2) is 5.64. The molecule has 2 nitrogen and oxygen atoms in total. The number of nitrogens with one attached hydrogen (secondary N) is 2. The van der Waals surface area contributed by atoms with Gasteiger partial charge in [-0.05, 0) is 49.0 Å². The van der Waals surface area contributed by atoms with Crippen molar-refractivity contribution < 1.29 is 0 Å². The van der Waals surface area contributed by atoms with Crippen molar-refractivity contribution in [1.29, 1.82) is 0 Å². The van der Waals surface area contributed by atoms with E-state index in [0.29, 0.717) is 6.04 Å². The Bertz CT molecular complexity index is 354. The minimum Gasteiger partial charge on any atom is -0.360 e. The monoisotopic (exact) mass is 254 g/mol. The molecule has 0 bridgehead atoms. The highest BCUT2D eigenvalue weighted by Gasteiger charge is 2.15. The second-order valence-electron chi connectivity index (χ2n) is 4.34. The zero-order chi connectivity index (χ0) is 11.4. The van der Waals surface area contributed by atoms with E-state index in [1.54, 1.807) is 11.3 Å². The van der Waals surface area contributed by atoms with Crippen LogP contribution in [0.25, 0.3) is 0 Å². The van der Waals surface area contributed by atoms with E-state index in [4.69, 9.17) is 12.2 Å². The standard InChI is InChI=1S/C12H18N2S2/c1-9-6-7-16-11(9)8-13-12(15)14-10-4-2-3-5-10/h6-7,10H,2-5,8H2,1H3,(H2,13,14,15). The van der Waals surface area contributed by atoms with Gasteiger partial charge in [0.2, 0.25) is 0 Å². The Hall–Kier alpha value is -0.610. The molecular formula is C12H18N2S2. The largest absolute Gasteiger partial charge is 0.360 e. The van der Waals surface area contributed by atoms with Crippen LogP contribution in [-0.2, 0) is 6.54 Å². The summed E-state index contributed by atoms with van der Waals surface area (Å²) in [6, 6.07) is 2.75. The summed E-state index contributed by atoms with van der Waals surface area (Å²) in [5, 5.41) is 9.60. The van der Waals surface area contributed by atoms with Gasteiger partial charge < -0.3 is 10.6 Å². The van der Waals surface area contributed by atoms with Gasteiger partial charge in [0.15, 0.2) is 5.11 Å². The van der Waals surface area contributed by atoms with Crippen molar-refractivity contribution >= 4 is 28.7 Å². The van der Waals surface area contributed by atoms with Crippen LogP contribution < -0.4 is 10.6 Å². The van der Waals surface area contributed by atoms with Crippen molar-refractivity contribution in [3.05, 3.63) is 21.9 Å². The fourth-order valence-corrected chi connectivity index (χ4v) is 3.14. The van der Waals surface area contributed by atoms with Crippen LogP contribution >= 0.6 is 23.6 Å². The van der Waals surface area contributed by atoms with Crippen LogP contribution in [0, 0.1) is 6.92 Å². The van der Waals surface area contributed by atoms with Gasteiger partial charge in [-0.3, -0.25) is 0 Å². The molecule has 0 atom stereocenters. The number of aryl methyl sites for hydroxylation is 1. The molecule has 0 unspecified atom stereocenters. The van der Waals surface area contributed by atoms with Crippen molar-refractivity contribution in [3.63, 3.8) is 0 Å². The van der Waals surface area contributed by atoms with Gasteiger partial charge in [-0.25, -0.2) is 0 Å². The van der Waals surface area contributed by atoms with Crippen LogP contribution in [-0.4, -0.2) is 11.2 Å². The Labute approximate surface area is 106 Å². The SMILES string of the molecule is Cc1ccsc1CNC(=S)NC1CCCC1. The minimum absolute atomic E-state index is 0.601. The molecule has 1 aliphatic rings. The van der Waals surface area contributed by atoms with Crippen molar-refractivity contribution in [1.82, 2.24) is 10.6 Å². The lowest BCUT2D eigenvalue weighted by molar-refractivity contribution is 0.621. The van der Waals surface area contributed by atoms with E-state index in [1.807, 2.05) is 0 Å². The molecule has 1 aromatic heterocycles. The number of thiocarbonyl (C=S) groups is 1. The first-order valence-electron chi connectivity index (χ1n) is 5.83. The highest BCUT2D eigenvalue weighted by molar-refractivity contribution is 7.80. The smallest absolute Gasteiger partial charge is 0.166 e. The lowest BCUT2D eigenvalue weighted by Gasteiger charge is -2.15. The van der Waals surface area contributed by atoms with E-state index in [2.05, 4.69) is 29.0 Å². The molecule has 88 valence electrons. The lowest BCUT2D eigenvalue weighted by atomic mass is 10.2.